The molecule has 1 aromatic rings. The second kappa shape index (κ2) is 7.24. The molecule has 1 amide bonds. The first kappa shape index (κ1) is 14.8. The van der Waals surface area contributed by atoms with Gasteiger partial charge in [0.05, 0.1) is 26.0 Å². The molecule has 0 spiro atoms. The SMILES string of the molecule is O=C(CN1CCOCC1)N/N=C/c1cccc2c1OCCO2. The summed E-state index contributed by atoms with van der Waals surface area (Å²) < 4.78 is 16.3. The van der Waals surface area contributed by atoms with E-state index in [1.807, 2.05) is 23.1 Å². The van der Waals surface area contributed by atoms with Crippen molar-refractivity contribution in [3.8, 4) is 11.5 Å². The second-order valence-corrected chi connectivity index (χ2v) is 5.05. The number of hydrogen-bond donors (Lipinski definition) is 1. The summed E-state index contributed by atoms with van der Waals surface area (Å²) in [6.45, 7) is 4.27. The number of morpholine rings is 1. The molecule has 7 nitrogen and oxygen atoms in total. The van der Waals surface area contributed by atoms with Crippen molar-refractivity contribution in [1.29, 1.82) is 0 Å². The second-order valence-electron chi connectivity index (χ2n) is 5.05. The Hall–Kier alpha value is -2.12. The predicted molar refractivity (Wildman–Crippen MR) is 80.4 cm³/mol. The number of carbonyl (C=O) groups excluding carboxylic acids is 1. The van der Waals surface area contributed by atoms with Crippen molar-refractivity contribution in [2.75, 3.05) is 46.1 Å². The molecule has 7 heteroatoms. The molecule has 118 valence electrons. The maximum atomic E-state index is 11.8. The van der Waals surface area contributed by atoms with Crippen LogP contribution in [0.5, 0.6) is 11.5 Å². The van der Waals surface area contributed by atoms with Gasteiger partial charge in [-0.2, -0.15) is 5.10 Å². The monoisotopic (exact) mass is 305 g/mol. The molecular formula is C15H19N3O4. The summed E-state index contributed by atoms with van der Waals surface area (Å²) in [6.07, 6.45) is 1.57. The van der Waals surface area contributed by atoms with E-state index >= 15 is 0 Å². The van der Waals surface area contributed by atoms with Crippen molar-refractivity contribution in [2.45, 2.75) is 0 Å². The molecule has 3 rings (SSSR count). The molecular weight excluding hydrogens is 286 g/mol. The Bertz CT molecular complexity index is 556. The van der Waals surface area contributed by atoms with Crippen LogP contribution < -0.4 is 14.9 Å². The molecule has 0 radical (unpaired) electrons. The quantitative estimate of drug-likeness (QED) is 0.637. The number of nitrogens with zero attached hydrogens (tertiary/aromatic N) is 2. The highest BCUT2D eigenvalue weighted by Gasteiger charge is 2.15. The molecule has 2 heterocycles. The molecule has 2 aliphatic heterocycles. The van der Waals surface area contributed by atoms with Gasteiger partial charge in [0, 0.05) is 18.7 Å². The van der Waals surface area contributed by atoms with Gasteiger partial charge in [-0.3, -0.25) is 9.69 Å². The van der Waals surface area contributed by atoms with Crippen molar-refractivity contribution in [1.82, 2.24) is 10.3 Å². The number of fused-ring (bicyclic) bond motifs is 1. The van der Waals surface area contributed by atoms with Gasteiger partial charge in [0.1, 0.15) is 13.2 Å². The lowest BCUT2D eigenvalue weighted by atomic mass is 10.2. The van der Waals surface area contributed by atoms with E-state index in [-0.39, 0.29) is 5.91 Å². The zero-order valence-corrected chi connectivity index (χ0v) is 12.3. The van der Waals surface area contributed by atoms with Gasteiger partial charge >= 0.3 is 0 Å². The van der Waals surface area contributed by atoms with Crippen LogP contribution in [0, 0.1) is 0 Å². The molecule has 0 unspecified atom stereocenters. The van der Waals surface area contributed by atoms with Crippen molar-refractivity contribution >= 4 is 12.1 Å². The first-order valence-electron chi connectivity index (χ1n) is 7.33. The summed E-state index contributed by atoms with van der Waals surface area (Å²) in [5.41, 5.74) is 3.32. The van der Waals surface area contributed by atoms with Crippen molar-refractivity contribution in [3.05, 3.63) is 23.8 Å². The van der Waals surface area contributed by atoms with E-state index in [0.29, 0.717) is 44.5 Å². The number of hydrogen-bond acceptors (Lipinski definition) is 6. The Morgan fingerprint density at radius 3 is 2.91 bits per heavy atom. The topological polar surface area (TPSA) is 72.4 Å². The molecule has 22 heavy (non-hydrogen) atoms. The van der Waals surface area contributed by atoms with Gasteiger partial charge in [-0.05, 0) is 12.1 Å². The molecule has 0 bridgehead atoms. The lowest BCUT2D eigenvalue weighted by Gasteiger charge is -2.25. The van der Waals surface area contributed by atoms with Crippen molar-refractivity contribution in [2.24, 2.45) is 5.10 Å². The lowest BCUT2D eigenvalue weighted by Crippen LogP contribution is -2.42. The number of carbonyl (C=O) groups is 1. The van der Waals surface area contributed by atoms with E-state index in [1.54, 1.807) is 6.21 Å². The van der Waals surface area contributed by atoms with Crippen LogP contribution in [0.1, 0.15) is 5.56 Å². The molecule has 0 aliphatic carbocycles. The first-order valence-corrected chi connectivity index (χ1v) is 7.33. The van der Waals surface area contributed by atoms with Gasteiger partial charge in [0.2, 0.25) is 0 Å². The van der Waals surface area contributed by atoms with Gasteiger partial charge in [-0.15, -0.1) is 0 Å². The first-order chi connectivity index (χ1) is 10.8. The van der Waals surface area contributed by atoms with Crippen LogP contribution in [-0.4, -0.2) is 63.1 Å². The number of benzene rings is 1. The van der Waals surface area contributed by atoms with Crippen LogP contribution in [0.2, 0.25) is 0 Å². The number of ether oxygens (including phenoxy) is 3. The minimum Gasteiger partial charge on any atom is -0.486 e. The smallest absolute Gasteiger partial charge is 0.254 e. The van der Waals surface area contributed by atoms with Gasteiger partial charge in [0.25, 0.3) is 5.91 Å². The fourth-order valence-electron chi connectivity index (χ4n) is 2.37. The zero-order chi connectivity index (χ0) is 15.2. The average Bonchev–Trinajstić information content (AvgIpc) is 2.56. The van der Waals surface area contributed by atoms with E-state index in [4.69, 9.17) is 14.2 Å². The Kier molecular flexibility index (Phi) is 4.87. The normalized spacial score (nSPS) is 18.4. The highest BCUT2D eigenvalue weighted by Crippen LogP contribution is 2.32. The van der Waals surface area contributed by atoms with Crippen LogP contribution >= 0.6 is 0 Å². The molecule has 1 aromatic carbocycles. The molecule has 1 fully saturated rings. The number of amides is 1. The van der Waals surface area contributed by atoms with Gasteiger partial charge < -0.3 is 14.2 Å². The highest BCUT2D eigenvalue weighted by molar-refractivity contribution is 5.86. The summed E-state index contributed by atoms with van der Waals surface area (Å²) in [4.78, 5) is 13.9. The Morgan fingerprint density at radius 1 is 1.23 bits per heavy atom. The molecule has 0 atom stereocenters. The number of hydrazone groups is 1. The van der Waals surface area contributed by atoms with Gasteiger partial charge in [-0.1, -0.05) is 6.07 Å². The Morgan fingerprint density at radius 2 is 2.05 bits per heavy atom. The van der Waals surface area contributed by atoms with E-state index in [1.165, 1.54) is 0 Å². The van der Waals surface area contributed by atoms with Crippen molar-refractivity contribution in [3.63, 3.8) is 0 Å². The third-order valence-electron chi connectivity index (χ3n) is 3.46. The average molecular weight is 305 g/mol. The summed E-state index contributed by atoms with van der Waals surface area (Å²) in [7, 11) is 0. The molecule has 2 aliphatic rings. The molecule has 1 N–H and O–H groups in total. The van der Waals surface area contributed by atoms with Crippen LogP contribution in [0.15, 0.2) is 23.3 Å². The van der Waals surface area contributed by atoms with Crippen LogP contribution in [0.25, 0.3) is 0 Å². The number of rotatable bonds is 4. The minimum atomic E-state index is -0.139. The van der Waals surface area contributed by atoms with Crippen LogP contribution in [0.3, 0.4) is 0 Å². The fraction of sp³-hybridized carbons (Fsp3) is 0.467. The van der Waals surface area contributed by atoms with E-state index in [0.717, 1.165) is 18.7 Å². The molecule has 1 saturated heterocycles. The predicted octanol–water partition coefficient (Wildman–Crippen LogP) is 0.240. The van der Waals surface area contributed by atoms with Gasteiger partial charge in [-0.25, -0.2) is 5.43 Å². The number of nitrogens with one attached hydrogen (secondary N) is 1. The number of para-hydroxylation sites is 1. The minimum absolute atomic E-state index is 0.139. The van der Waals surface area contributed by atoms with Crippen LogP contribution in [0.4, 0.5) is 0 Å². The zero-order valence-electron chi connectivity index (χ0n) is 12.3. The van der Waals surface area contributed by atoms with Crippen molar-refractivity contribution < 1.29 is 19.0 Å². The summed E-state index contributed by atoms with van der Waals surface area (Å²) in [5.74, 6) is 1.23. The van der Waals surface area contributed by atoms with Gasteiger partial charge in [0.15, 0.2) is 11.5 Å². The van der Waals surface area contributed by atoms with E-state index in [9.17, 15) is 4.79 Å². The summed E-state index contributed by atoms with van der Waals surface area (Å²) in [6, 6.07) is 5.58. The molecule has 0 aromatic heterocycles. The van der Waals surface area contributed by atoms with Crippen LogP contribution in [-0.2, 0) is 9.53 Å². The van der Waals surface area contributed by atoms with E-state index < -0.39 is 0 Å². The van der Waals surface area contributed by atoms with E-state index in [2.05, 4.69) is 10.5 Å². The Balaban J connectivity index is 1.54. The summed E-state index contributed by atoms with van der Waals surface area (Å²) in [5, 5.41) is 4.00. The largest absolute Gasteiger partial charge is 0.486 e. The lowest BCUT2D eigenvalue weighted by molar-refractivity contribution is -0.123. The third kappa shape index (κ3) is 3.75. The Labute approximate surface area is 128 Å². The molecule has 0 saturated carbocycles. The third-order valence-corrected chi connectivity index (χ3v) is 3.46. The maximum Gasteiger partial charge on any atom is 0.254 e. The highest BCUT2D eigenvalue weighted by atomic mass is 16.6. The fourth-order valence-corrected chi connectivity index (χ4v) is 2.37. The summed E-state index contributed by atoms with van der Waals surface area (Å²) >= 11 is 0. The standard InChI is InChI=1S/C15H19N3O4/c19-14(11-18-4-6-20-7-5-18)17-16-10-12-2-1-3-13-15(12)22-9-8-21-13/h1-3,10H,4-9,11H2,(H,17,19)/b16-10+. The maximum absolute atomic E-state index is 11.8.